The fourth-order valence-corrected chi connectivity index (χ4v) is 6.81. The first-order valence-corrected chi connectivity index (χ1v) is 16.8. The summed E-state index contributed by atoms with van der Waals surface area (Å²) in [6.45, 7) is -0.610. The molecule has 0 aliphatic heterocycles. The average molecular weight is 671 g/mol. The van der Waals surface area contributed by atoms with E-state index in [0.29, 0.717) is 10.6 Å². The van der Waals surface area contributed by atoms with Crippen LogP contribution in [0.15, 0.2) is 66.7 Å². The third kappa shape index (κ3) is 8.54. The molecule has 0 bridgehead atoms. The molecule has 1 atom stereocenters. The van der Waals surface area contributed by atoms with Crippen molar-refractivity contribution in [3.63, 3.8) is 0 Å². The molecule has 1 fully saturated rings. The Bertz CT molecular complexity index is 1530. The van der Waals surface area contributed by atoms with E-state index in [2.05, 4.69) is 5.32 Å². The summed E-state index contributed by atoms with van der Waals surface area (Å²) in [5, 5.41) is 3.81. The fraction of sp³-hybridized carbons (Fsp3) is 0.333. The lowest BCUT2D eigenvalue weighted by Crippen LogP contribution is -2.54. The molecule has 3 aromatic carbocycles. The van der Waals surface area contributed by atoms with E-state index in [-0.39, 0.29) is 45.7 Å². The van der Waals surface area contributed by atoms with E-state index >= 15 is 0 Å². The summed E-state index contributed by atoms with van der Waals surface area (Å²) >= 11 is 24.9. The molecule has 0 saturated heterocycles. The summed E-state index contributed by atoms with van der Waals surface area (Å²) in [6.07, 6.45) is 4.96. The summed E-state index contributed by atoms with van der Waals surface area (Å²) in [6, 6.07) is 18.0. The maximum atomic E-state index is 14.2. The van der Waals surface area contributed by atoms with Crippen LogP contribution in [0.4, 0.5) is 5.69 Å². The summed E-state index contributed by atoms with van der Waals surface area (Å²) < 4.78 is 26.9. The molecule has 0 spiro atoms. The smallest absolute Gasteiger partial charge is 0.244 e. The predicted molar refractivity (Wildman–Crippen MR) is 170 cm³/mol. The number of anilines is 1. The summed E-state index contributed by atoms with van der Waals surface area (Å²) in [4.78, 5) is 29.5. The number of sulfonamides is 1. The topological polar surface area (TPSA) is 86.8 Å². The van der Waals surface area contributed by atoms with Gasteiger partial charge in [-0.3, -0.25) is 13.9 Å². The van der Waals surface area contributed by atoms with Gasteiger partial charge in [0, 0.05) is 24.0 Å². The Kier molecular flexibility index (Phi) is 11.1. The minimum atomic E-state index is -4.02. The Balaban J connectivity index is 1.75. The summed E-state index contributed by atoms with van der Waals surface area (Å²) in [7, 11) is -4.02. The van der Waals surface area contributed by atoms with Gasteiger partial charge in [0.1, 0.15) is 12.6 Å². The highest BCUT2D eigenvalue weighted by atomic mass is 35.5. The highest BCUT2D eigenvalue weighted by Crippen LogP contribution is 2.36. The molecule has 0 heterocycles. The van der Waals surface area contributed by atoms with Crippen molar-refractivity contribution < 1.29 is 18.0 Å². The standard InChI is InChI=1S/C30H31Cl4N3O4S/c1-42(40,41)37(27-17-25(33)24(32)16-26(27)34)19-29(38)36(18-21-10-7-11-22(31)14-21)28(15-20-8-3-2-4-9-20)30(39)35-23-12-5-6-13-23/h2-4,7-11,14,16-17,23,28H,5-6,12-13,15,18-19H2,1H3,(H,35,39). The molecule has 1 unspecified atom stereocenters. The number of carbonyl (C=O) groups is 2. The normalized spacial score (nSPS) is 14.4. The van der Waals surface area contributed by atoms with Gasteiger partial charge in [0.2, 0.25) is 21.8 Å². The molecule has 224 valence electrons. The van der Waals surface area contributed by atoms with Gasteiger partial charge in [-0.05, 0) is 48.2 Å². The van der Waals surface area contributed by atoms with Crippen LogP contribution < -0.4 is 9.62 Å². The molecule has 12 heteroatoms. The largest absolute Gasteiger partial charge is 0.352 e. The van der Waals surface area contributed by atoms with E-state index in [1.165, 1.54) is 17.0 Å². The molecule has 2 amide bonds. The zero-order valence-corrected chi connectivity index (χ0v) is 26.7. The summed E-state index contributed by atoms with van der Waals surface area (Å²) in [5.74, 6) is -0.912. The van der Waals surface area contributed by atoms with Crippen molar-refractivity contribution in [1.82, 2.24) is 10.2 Å². The molecular weight excluding hydrogens is 640 g/mol. The first kappa shape index (κ1) is 32.4. The van der Waals surface area contributed by atoms with Crippen LogP contribution in [0.5, 0.6) is 0 Å². The van der Waals surface area contributed by atoms with Gasteiger partial charge in [-0.1, -0.05) is 102 Å². The van der Waals surface area contributed by atoms with Crippen molar-refractivity contribution >= 4 is 73.9 Å². The highest BCUT2D eigenvalue weighted by molar-refractivity contribution is 7.92. The van der Waals surface area contributed by atoms with E-state index in [1.54, 1.807) is 24.3 Å². The maximum Gasteiger partial charge on any atom is 0.244 e. The number of nitrogens with zero attached hydrogens (tertiary/aromatic N) is 2. The van der Waals surface area contributed by atoms with Crippen LogP contribution in [0, 0.1) is 0 Å². The number of amides is 2. The number of rotatable bonds is 11. The average Bonchev–Trinajstić information content (AvgIpc) is 3.44. The zero-order chi connectivity index (χ0) is 30.4. The molecule has 7 nitrogen and oxygen atoms in total. The van der Waals surface area contributed by atoms with E-state index < -0.39 is 28.5 Å². The number of carbonyl (C=O) groups excluding carboxylic acids is 2. The lowest BCUT2D eigenvalue weighted by molar-refractivity contribution is -0.140. The van der Waals surface area contributed by atoms with E-state index in [4.69, 9.17) is 46.4 Å². The summed E-state index contributed by atoms with van der Waals surface area (Å²) in [5.41, 5.74) is 1.53. The minimum absolute atomic E-state index is 0.000334. The lowest BCUT2D eigenvalue weighted by atomic mass is 10.0. The van der Waals surface area contributed by atoms with Gasteiger partial charge < -0.3 is 10.2 Å². The molecule has 3 aromatic rings. The van der Waals surface area contributed by atoms with Gasteiger partial charge in [-0.25, -0.2) is 8.42 Å². The second-order valence-electron chi connectivity index (χ2n) is 10.3. The Morgan fingerprint density at radius 3 is 2.17 bits per heavy atom. The number of hydrogen-bond acceptors (Lipinski definition) is 4. The van der Waals surface area contributed by atoms with Gasteiger partial charge in [0.05, 0.1) is 27.0 Å². The first-order chi connectivity index (χ1) is 19.9. The van der Waals surface area contributed by atoms with Gasteiger partial charge in [0.25, 0.3) is 0 Å². The van der Waals surface area contributed by atoms with Crippen LogP contribution in [-0.2, 0) is 32.6 Å². The number of hydrogen-bond donors (Lipinski definition) is 1. The quantitative estimate of drug-likeness (QED) is 0.228. The number of nitrogens with one attached hydrogen (secondary N) is 1. The fourth-order valence-electron chi connectivity index (χ4n) is 5.05. The van der Waals surface area contributed by atoms with Crippen molar-refractivity contribution in [3.05, 3.63) is 97.9 Å². The van der Waals surface area contributed by atoms with Crippen molar-refractivity contribution in [2.75, 3.05) is 17.1 Å². The Morgan fingerprint density at radius 1 is 0.881 bits per heavy atom. The predicted octanol–water partition coefficient (Wildman–Crippen LogP) is 6.77. The Hall–Kier alpha value is -2.49. The van der Waals surface area contributed by atoms with Crippen LogP contribution in [0.3, 0.4) is 0 Å². The molecule has 0 aromatic heterocycles. The van der Waals surface area contributed by atoms with Crippen LogP contribution in [0.25, 0.3) is 0 Å². The zero-order valence-electron chi connectivity index (χ0n) is 22.9. The molecule has 1 aliphatic rings. The van der Waals surface area contributed by atoms with Crippen LogP contribution in [0.1, 0.15) is 36.8 Å². The van der Waals surface area contributed by atoms with Gasteiger partial charge in [-0.2, -0.15) is 0 Å². The SMILES string of the molecule is CS(=O)(=O)N(CC(=O)N(Cc1cccc(Cl)c1)C(Cc1ccccc1)C(=O)NC1CCCC1)c1cc(Cl)c(Cl)cc1Cl. The van der Waals surface area contributed by atoms with Gasteiger partial charge in [0.15, 0.2) is 0 Å². The van der Waals surface area contributed by atoms with Crippen molar-refractivity contribution in [2.45, 2.75) is 50.7 Å². The number of halogens is 4. The molecule has 1 N–H and O–H groups in total. The second kappa shape index (κ2) is 14.3. The maximum absolute atomic E-state index is 14.2. The Labute approximate surface area is 266 Å². The van der Waals surface area contributed by atoms with Crippen LogP contribution in [-0.4, -0.2) is 50.0 Å². The van der Waals surface area contributed by atoms with Crippen LogP contribution >= 0.6 is 46.4 Å². The third-order valence-electron chi connectivity index (χ3n) is 7.15. The van der Waals surface area contributed by atoms with Crippen molar-refractivity contribution in [2.24, 2.45) is 0 Å². The minimum Gasteiger partial charge on any atom is -0.352 e. The molecule has 4 rings (SSSR count). The van der Waals surface area contributed by atoms with Gasteiger partial charge in [-0.15, -0.1) is 0 Å². The molecule has 42 heavy (non-hydrogen) atoms. The first-order valence-electron chi connectivity index (χ1n) is 13.4. The van der Waals surface area contributed by atoms with E-state index in [1.807, 2.05) is 30.3 Å². The molecule has 1 saturated carbocycles. The number of benzene rings is 3. The molecule has 0 radical (unpaired) electrons. The monoisotopic (exact) mass is 669 g/mol. The van der Waals surface area contributed by atoms with Crippen molar-refractivity contribution in [3.8, 4) is 0 Å². The second-order valence-corrected chi connectivity index (χ2v) is 13.9. The molecular formula is C30H31Cl4N3O4S. The van der Waals surface area contributed by atoms with E-state index in [9.17, 15) is 18.0 Å². The lowest BCUT2D eigenvalue weighted by Gasteiger charge is -2.34. The van der Waals surface area contributed by atoms with Crippen molar-refractivity contribution in [1.29, 1.82) is 0 Å². The van der Waals surface area contributed by atoms with Gasteiger partial charge >= 0.3 is 0 Å². The third-order valence-corrected chi connectivity index (χ3v) is 9.54. The Morgan fingerprint density at radius 2 is 1.52 bits per heavy atom. The highest BCUT2D eigenvalue weighted by Gasteiger charge is 2.34. The molecule has 1 aliphatic carbocycles. The van der Waals surface area contributed by atoms with Crippen LogP contribution in [0.2, 0.25) is 20.1 Å². The van der Waals surface area contributed by atoms with E-state index in [0.717, 1.165) is 41.8 Å².